The van der Waals surface area contributed by atoms with Crippen molar-refractivity contribution in [2.45, 2.75) is 25.3 Å². The molecular formula is C23H23N3O. The molecule has 4 heteroatoms. The summed E-state index contributed by atoms with van der Waals surface area (Å²) in [7, 11) is 0. The molecule has 0 unspecified atom stereocenters. The number of nitrogens with zero attached hydrogens (tertiary/aromatic N) is 3. The Hall–Kier alpha value is -2.72. The Morgan fingerprint density at radius 1 is 1.04 bits per heavy atom. The number of hydrogen-bond donors (Lipinski definition) is 0. The van der Waals surface area contributed by atoms with E-state index in [9.17, 15) is 0 Å². The molecule has 2 aliphatic rings. The predicted molar refractivity (Wildman–Crippen MR) is 106 cm³/mol. The van der Waals surface area contributed by atoms with Crippen LogP contribution in [0.2, 0.25) is 0 Å². The van der Waals surface area contributed by atoms with Gasteiger partial charge in [-0.05, 0) is 65.9 Å². The largest absolute Gasteiger partial charge is 0.493 e. The molecule has 27 heavy (non-hydrogen) atoms. The van der Waals surface area contributed by atoms with Gasteiger partial charge in [0.1, 0.15) is 5.75 Å². The average molecular weight is 357 g/mol. The summed E-state index contributed by atoms with van der Waals surface area (Å²) in [6.07, 6.45) is 7.83. The van der Waals surface area contributed by atoms with Crippen molar-refractivity contribution in [3.05, 3.63) is 77.7 Å². The van der Waals surface area contributed by atoms with Gasteiger partial charge in [-0.1, -0.05) is 12.1 Å². The lowest BCUT2D eigenvalue weighted by molar-refractivity contribution is 0.326. The molecule has 1 aromatic carbocycles. The van der Waals surface area contributed by atoms with Crippen LogP contribution in [0.3, 0.4) is 0 Å². The van der Waals surface area contributed by atoms with Crippen LogP contribution < -0.4 is 4.74 Å². The van der Waals surface area contributed by atoms with E-state index in [2.05, 4.69) is 45.2 Å². The van der Waals surface area contributed by atoms with Gasteiger partial charge in [-0.25, -0.2) is 0 Å². The molecule has 1 saturated heterocycles. The summed E-state index contributed by atoms with van der Waals surface area (Å²) in [6.45, 7) is 4.09. The van der Waals surface area contributed by atoms with Crippen molar-refractivity contribution >= 4 is 0 Å². The fourth-order valence-electron chi connectivity index (χ4n) is 4.23. The lowest BCUT2D eigenvalue weighted by Crippen LogP contribution is -2.19. The van der Waals surface area contributed by atoms with Gasteiger partial charge in [-0.3, -0.25) is 14.9 Å². The Kier molecular flexibility index (Phi) is 4.34. The van der Waals surface area contributed by atoms with Crippen molar-refractivity contribution in [1.29, 1.82) is 0 Å². The third-order valence-corrected chi connectivity index (χ3v) is 5.66. The van der Waals surface area contributed by atoms with E-state index in [-0.39, 0.29) is 0 Å². The number of benzene rings is 1. The van der Waals surface area contributed by atoms with Crippen LogP contribution in [0.25, 0.3) is 11.3 Å². The van der Waals surface area contributed by atoms with E-state index in [4.69, 9.17) is 4.74 Å². The predicted octanol–water partition coefficient (Wildman–Crippen LogP) is 4.07. The third kappa shape index (κ3) is 3.45. The zero-order valence-electron chi connectivity index (χ0n) is 15.3. The SMILES string of the molecule is c1cc(-c2cc([C@@H]3CCN(Cc4ccc5c(c4)CCO5)C3)ccn2)ccn1. The van der Waals surface area contributed by atoms with Gasteiger partial charge in [0.15, 0.2) is 0 Å². The van der Waals surface area contributed by atoms with Crippen molar-refractivity contribution in [3.63, 3.8) is 0 Å². The van der Waals surface area contributed by atoms with Gasteiger partial charge in [0.25, 0.3) is 0 Å². The molecule has 136 valence electrons. The number of hydrogen-bond acceptors (Lipinski definition) is 4. The third-order valence-electron chi connectivity index (χ3n) is 5.66. The van der Waals surface area contributed by atoms with Gasteiger partial charge in [0.05, 0.1) is 12.3 Å². The molecule has 0 radical (unpaired) electrons. The molecule has 4 nitrogen and oxygen atoms in total. The van der Waals surface area contributed by atoms with Crippen molar-refractivity contribution in [3.8, 4) is 17.0 Å². The van der Waals surface area contributed by atoms with Crippen LogP contribution >= 0.6 is 0 Å². The molecule has 2 aliphatic heterocycles. The van der Waals surface area contributed by atoms with Crippen LogP contribution in [0, 0.1) is 0 Å². The maximum Gasteiger partial charge on any atom is 0.122 e. The normalized spacial score (nSPS) is 19.0. The first-order chi connectivity index (χ1) is 13.3. The number of aromatic nitrogens is 2. The quantitative estimate of drug-likeness (QED) is 0.706. The highest BCUT2D eigenvalue weighted by atomic mass is 16.5. The number of fused-ring (bicyclic) bond motifs is 1. The smallest absolute Gasteiger partial charge is 0.122 e. The molecule has 0 bridgehead atoms. The standard InChI is InChI=1S/C23H23N3O/c1-2-23-20(7-12-27-23)13-17(1)15-26-11-6-21(16-26)19-5-10-25-22(14-19)18-3-8-24-9-4-18/h1-5,8-10,13-14,21H,6-7,11-12,15-16H2/t21-/m1/s1. The second kappa shape index (κ2) is 7.12. The first-order valence-corrected chi connectivity index (χ1v) is 9.68. The van der Waals surface area contributed by atoms with Gasteiger partial charge in [-0.15, -0.1) is 0 Å². The molecule has 5 rings (SSSR count). The van der Waals surface area contributed by atoms with Crippen LogP contribution in [0.4, 0.5) is 0 Å². The molecular weight excluding hydrogens is 334 g/mol. The van der Waals surface area contributed by atoms with E-state index in [1.54, 1.807) is 0 Å². The molecule has 0 N–H and O–H groups in total. The highest BCUT2D eigenvalue weighted by Gasteiger charge is 2.24. The van der Waals surface area contributed by atoms with Crippen LogP contribution in [0.5, 0.6) is 5.75 Å². The van der Waals surface area contributed by atoms with Gasteiger partial charge in [-0.2, -0.15) is 0 Å². The van der Waals surface area contributed by atoms with E-state index in [0.29, 0.717) is 5.92 Å². The minimum atomic E-state index is 0.575. The Bertz CT molecular complexity index is 941. The number of rotatable bonds is 4. The summed E-state index contributed by atoms with van der Waals surface area (Å²) in [5.74, 6) is 1.64. The van der Waals surface area contributed by atoms with Crippen LogP contribution in [0.1, 0.15) is 29.0 Å². The van der Waals surface area contributed by atoms with E-state index in [1.165, 1.54) is 23.1 Å². The molecule has 0 amide bonds. The topological polar surface area (TPSA) is 38.2 Å². The highest BCUT2D eigenvalue weighted by molar-refractivity contribution is 5.59. The average Bonchev–Trinajstić information content (AvgIpc) is 3.38. The molecule has 0 spiro atoms. The molecule has 1 fully saturated rings. The summed E-state index contributed by atoms with van der Waals surface area (Å²) in [4.78, 5) is 11.2. The molecule has 1 atom stereocenters. The molecule has 0 aliphatic carbocycles. The second-order valence-electron chi connectivity index (χ2n) is 7.47. The summed E-state index contributed by atoms with van der Waals surface area (Å²) < 4.78 is 5.62. The highest BCUT2D eigenvalue weighted by Crippen LogP contribution is 2.31. The van der Waals surface area contributed by atoms with Crippen molar-refractivity contribution in [2.75, 3.05) is 19.7 Å². The Morgan fingerprint density at radius 3 is 2.89 bits per heavy atom. The fourth-order valence-corrected chi connectivity index (χ4v) is 4.23. The minimum absolute atomic E-state index is 0.575. The molecule has 4 heterocycles. The van der Waals surface area contributed by atoms with Gasteiger partial charge in [0.2, 0.25) is 0 Å². The number of ether oxygens (including phenoxy) is 1. The van der Waals surface area contributed by atoms with Gasteiger partial charge in [0, 0.05) is 43.7 Å². The monoisotopic (exact) mass is 357 g/mol. The van der Waals surface area contributed by atoms with Crippen molar-refractivity contribution < 1.29 is 4.74 Å². The Balaban J connectivity index is 1.28. The molecule has 0 saturated carbocycles. The summed E-state index contributed by atoms with van der Waals surface area (Å²) in [6, 6.07) is 15.1. The summed E-state index contributed by atoms with van der Waals surface area (Å²) in [5, 5.41) is 0. The summed E-state index contributed by atoms with van der Waals surface area (Å²) in [5.41, 5.74) is 6.31. The number of likely N-dealkylation sites (tertiary alicyclic amines) is 1. The maximum absolute atomic E-state index is 5.62. The first-order valence-electron chi connectivity index (χ1n) is 9.68. The van der Waals surface area contributed by atoms with Crippen molar-refractivity contribution in [2.24, 2.45) is 0 Å². The lowest BCUT2D eigenvalue weighted by atomic mass is 9.97. The van der Waals surface area contributed by atoms with E-state index in [0.717, 1.165) is 49.7 Å². The van der Waals surface area contributed by atoms with Crippen LogP contribution in [0.15, 0.2) is 61.1 Å². The zero-order chi connectivity index (χ0) is 18.1. The van der Waals surface area contributed by atoms with Gasteiger partial charge >= 0.3 is 0 Å². The minimum Gasteiger partial charge on any atom is -0.493 e. The summed E-state index contributed by atoms with van der Waals surface area (Å²) >= 11 is 0. The molecule has 3 aromatic rings. The maximum atomic E-state index is 5.62. The van der Waals surface area contributed by atoms with E-state index in [1.807, 2.05) is 30.7 Å². The number of pyridine rings is 2. The first kappa shape index (κ1) is 16.5. The fraction of sp³-hybridized carbons (Fsp3) is 0.304. The van der Waals surface area contributed by atoms with Crippen LogP contribution in [-0.4, -0.2) is 34.6 Å². The second-order valence-corrected chi connectivity index (χ2v) is 7.47. The van der Waals surface area contributed by atoms with Crippen LogP contribution in [-0.2, 0) is 13.0 Å². The van der Waals surface area contributed by atoms with E-state index >= 15 is 0 Å². The Labute approximate surface area is 159 Å². The zero-order valence-corrected chi connectivity index (χ0v) is 15.3. The van der Waals surface area contributed by atoms with Crippen molar-refractivity contribution in [1.82, 2.24) is 14.9 Å². The lowest BCUT2D eigenvalue weighted by Gasteiger charge is -2.17. The van der Waals surface area contributed by atoms with E-state index < -0.39 is 0 Å². The Morgan fingerprint density at radius 2 is 1.96 bits per heavy atom. The molecule has 2 aromatic heterocycles. The van der Waals surface area contributed by atoms with Gasteiger partial charge < -0.3 is 4.74 Å².